The summed E-state index contributed by atoms with van der Waals surface area (Å²) >= 11 is 0. The lowest BCUT2D eigenvalue weighted by Gasteiger charge is -2.13. The van der Waals surface area contributed by atoms with E-state index in [1.54, 1.807) is 19.4 Å². The highest BCUT2D eigenvalue weighted by molar-refractivity contribution is 6.05. The van der Waals surface area contributed by atoms with Crippen molar-refractivity contribution in [1.82, 2.24) is 4.98 Å². The minimum Gasteiger partial charge on any atom is -0.497 e. The van der Waals surface area contributed by atoms with Crippen LogP contribution in [-0.2, 0) is 6.54 Å². The summed E-state index contributed by atoms with van der Waals surface area (Å²) in [5.41, 5.74) is 5.79. The van der Waals surface area contributed by atoms with Gasteiger partial charge >= 0.3 is 0 Å². The second kappa shape index (κ2) is 8.57. The summed E-state index contributed by atoms with van der Waals surface area (Å²) in [5, 5.41) is 6.25. The molecule has 0 aliphatic heterocycles. The number of amides is 1. The fourth-order valence-electron chi connectivity index (χ4n) is 3.13. The van der Waals surface area contributed by atoms with Crippen LogP contribution in [0.1, 0.15) is 32.6 Å². The number of nitrogens with zero attached hydrogens (tertiary/aromatic N) is 1. The SMILES string of the molecule is COc1ccc(CNc2ccc(C(=O)Nc3c(C)cc(C)cc3C)cn2)cc1. The van der Waals surface area contributed by atoms with Gasteiger partial charge in [-0.1, -0.05) is 29.8 Å². The number of hydrogen-bond donors (Lipinski definition) is 2. The maximum atomic E-state index is 12.6. The smallest absolute Gasteiger partial charge is 0.257 e. The summed E-state index contributed by atoms with van der Waals surface area (Å²) < 4.78 is 5.16. The van der Waals surface area contributed by atoms with Crippen molar-refractivity contribution in [3.63, 3.8) is 0 Å². The molecule has 5 heteroatoms. The topological polar surface area (TPSA) is 63.2 Å². The molecule has 1 amide bonds. The molecular weight excluding hydrogens is 350 g/mol. The Morgan fingerprint density at radius 2 is 1.68 bits per heavy atom. The van der Waals surface area contributed by atoms with Crippen LogP contribution in [0, 0.1) is 20.8 Å². The van der Waals surface area contributed by atoms with Crippen molar-refractivity contribution in [1.29, 1.82) is 0 Å². The average molecular weight is 375 g/mol. The molecule has 28 heavy (non-hydrogen) atoms. The van der Waals surface area contributed by atoms with E-state index in [2.05, 4.69) is 27.8 Å². The van der Waals surface area contributed by atoms with Gasteiger partial charge in [-0.05, 0) is 61.7 Å². The lowest BCUT2D eigenvalue weighted by Crippen LogP contribution is -2.14. The maximum Gasteiger partial charge on any atom is 0.257 e. The Bertz CT molecular complexity index is 941. The van der Waals surface area contributed by atoms with Gasteiger partial charge < -0.3 is 15.4 Å². The van der Waals surface area contributed by atoms with Gasteiger partial charge in [-0.15, -0.1) is 0 Å². The van der Waals surface area contributed by atoms with Crippen molar-refractivity contribution in [3.8, 4) is 5.75 Å². The zero-order chi connectivity index (χ0) is 20.1. The van der Waals surface area contributed by atoms with E-state index in [1.807, 2.05) is 51.1 Å². The minimum atomic E-state index is -0.163. The second-order valence-electron chi connectivity index (χ2n) is 6.86. The number of nitrogens with one attached hydrogen (secondary N) is 2. The number of methoxy groups -OCH3 is 1. The largest absolute Gasteiger partial charge is 0.497 e. The van der Waals surface area contributed by atoms with E-state index in [9.17, 15) is 4.79 Å². The van der Waals surface area contributed by atoms with Crippen LogP contribution in [-0.4, -0.2) is 18.0 Å². The third kappa shape index (κ3) is 4.68. The molecule has 0 unspecified atom stereocenters. The summed E-state index contributed by atoms with van der Waals surface area (Å²) in [5.74, 6) is 1.38. The number of carbonyl (C=O) groups excluding carboxylic acids is 1. The minimum absolute atomic E-state index is 0.163. The average Bonchev–Trinajstić information content (AvgIpc) is 2.69. The van der Waals surface area contributed by atoms with E-state index >= 15 is 0 Å². The monoisotopic (exact) mass is 375 g/mol. The standard InChI is InChI=1S/C23H25N3O2/c1-15-11-16(2)22(17(3)12-15)26-23(27)19-7-10-21(25-14-19)24-13-18-5-8-20(28-4)9-6-18/h5-12,14H,13H2,1-4H3,(H,24,25)(H,26,27). The molecule has 1 aromatic heterocycles. The molecule has 0 radical (unpaired) electrons. The van der Waals surface area contributed by atoms with Gasteiger partial charge in [-0.2, -0.15) is 0 Å². The van der Waals surface area contributed by atoms with Gasteiger partial charge in [0.25, 0.3) is 5.91 Å². The molecule has 2 N–H and O–H groups in total. The number of ether oxygens (including phenoxy) is 1. The van der Waals surface area contributed by atoms with Crippen molar-refractivity contribution >= 4 is 17.4 Å². The van der Waals surface area contributed by atoms with Crippen molar-refractivity contribution < 1.29 is 9.53 Å². The molecule has 0 aliphatic rings. The molecule has 0 aliphatic carbocycles. The molecule has 0 bridgehead atoms. The summed E-state index contributed by atoms with van der Waals surface area (Å²) in [6.45, 7) is 6.69. The Labute approximate surface area is 165 Å². The van der Waals surface area contributed by atoms with Crippen LogP contribution in [0.3, 0.4) is 0 Å². The zero-order valence-electron chi connectivity index (χ0n) is 16.7. The molecule has 3 aromatic rings. The number of pyridine rings is 1. The first-order valence-corrected chi connectivity index (χ1v) is 9.18. The number of benzene rings is 2. The molecular formula is C23H25N3O2. The first-order chi connectivity index (χ1) is 13.5. The molecule has 2 aromatic carbocycles. The third-order valence-electron chi connectivity index (χ3n) is 4.57. The fourth-order valence-corrected chi connectivity index (χ4v) is 3.13. The van der Waals surface area contributed by atoms with Crippen LogP contribution in [0.2, 0.25) is 0 Å². The Morgan fingerprint density at radius 3 is 2.25 bits per heavy atom. The van der Waals surface area contributed by atoms with E-state index in [0.717, 1.165) is 33.9 Å². The highest BCUT2D eigenvalue weighted by Crippen LogP contribution is 2.22. The predicted molar refractivity (Wildman–Crippen MR) is 113 cm³/mol. The number of aryl methyl sites for hydroxylation is 3. The third-order valence-corrected chi connectivity index (χ3v) is 4.57. The van der Waals surface area contributed by atoms with Crippen LogP contribution in [0.25, 0.3) is 0 Å². The summed E-state index contributed by atoms with van der Waals surface area (Å²) in [4.78, 5) is 16.9. The number of carbonyl (C=O) groups is 1. The molecule has 3 rings (SSSR count). The molecule has 0 fully saturated rings. The number of hydrogen-bond acceptors (Lipinski definition) is 4. The highest BCUT2D eigenvalue weighted by atomic mass is 16.5. The zero-order valence-corrected chi connectivity index (χ0v) is 16.7. The van der Waals surface area contributed by atoms with E-state index in [4.69, 9.17) is 4.74 Å². The van der Waals surface area contributed by atoms with Gasteiger partial charge in [0.15, 0.2) is 0 Å². The van der Waals surface area contributed by atoms with Crippen LogP contribution >= 0.6 is 0 Å². The number of anilines is 2. The van der Waals surface area contributed by atoms with Crippen LogP contribution < -0.4 is 15.4 Å². The summed E-state index contributed by atoms with van der Waals surface area (Å²) in [7, 11) is 1.65. The van der Waals surface area contributed by atoms with E-state index in [-0.39, 0.29) is 5.91 Å². The highest BCUT2D eigenvalue weighted by Gasteiger charge is 2.11. The Hall–Kier alpha value is -3.34. The van der Waals surface area contributed by atoms with Crippen molar-refractivity contribution in [2.24, 2.45) is 0 Å². The molecule has 5 nitrogen and oxygen atoms in total. The van der Waals surface area contributed by atoms with Gasteiger partial charge in [0, 0.05) is 18.4 Å². The van der Waals surface area contributed by atoms with Gasteiger partial charge in [-0.3, -0.25) is 4.79 Å². The van der Waals surface area contributed by atoms with Crippen LogP contribution in [0.5, 0.6) is 5.75 Å². The van der Waals surface area contributed by atoms with E-state index in [1.165, 1.54) is 5.56 Å². The first-order valence-electron chi connectivity index (χ1n) is 9.18. The van der Waals surface area contributed by atoms with Gasteiger partial charge in [0.2, 0.25) is 0 Å². The van der Waals surface area contributed by atoms with E-state index < -0.39 is 0 Å². The molecule has 1 heterocycles. The predicted octanol–water partition coefficient (Wildman–Crippen LogP) is 4.88. The number of aromatic nitrogens is 1. The maximum absolute atomic E-state index is 12.6. The van der Waals surface area contributed by atoms with Crippen molar-refractivity contribution in [3.05, 3.63) is 82.5 Å². The summed E-state index contributed by atoms with van der Waals surface area (Å²) in [6.07, 6.45) is 1.59. The molecule has 0 spiro atoms. The van der Waals surface area contributed by atoms with Crippen LogP contribution in [0.4, 0.5) is 11.5 Å². The molecule has 0 saturated carbocycles. The van der Waals surface area contributed by atoms with E-state index in [0.29, 0.717) is 12.1 Å². The first kappa shape index (κ1) is 19.4. The lowest BCUT2D eigenvalue weighted by molar-refractivity contribution is 0.102. The second-order valence-corrected chi connectivity index (χ2v) is 6.86. The Kier molecular flexibility index (Phi) is 5.94. The van der Waals surface area contributed by atoms with Crippen molar-refractivity contribution in [2.45, 2.75) is 27.3 Å². The van der Waals surface area contributed by atoms with Gasteiger partial charge in [0.1, 0.15) is 11.6 Å². The summed E-state index contributed by atoms with van der Waals surface area (Å²) in [6, 6.07) is 15.6. The van der Waals surface area contributed by atoms with Crippen molar-refractivity contribution in [2.75, 3.05) is 17.7 Å². The molecule has 144 valence electrons. The Balaban J connectivity index is 1.62. The van der Waals surface area contributed by atoms with Gasteiger partial charge in [0.05, 0.1) is 12.7 Å². The lowest BCUT2D eigenvalue weighted by atomic mass is 10.0. The fraction of sp³-hybridized carbons (Fsp3) is 0.217. The van der Waals surface area contributed by atoms with Gasteiger partial charge in [-0.25, -0.2) is 4.98 Å². The quantitative estimate of drug-likeness (QED) is 0.644. The number of rotatable bonds is 6. The molecule has 0 saturated heterocycles. The normalized spacial score (nSPS) is 10.4. The Morgan fingerprint density at radius 1 is 1.00 bits per heavy atom. The van der Waals surface area contributed by atoms with Crippen LogP contribution in [0.15, 0.2) is 54.7 Å². The molecule has 0 atom stereocenters.